The normalized spacial score (nSPS) is 28.9. The number of carbonyl (C=O) groups excluding carboxylic acids is 1. The summed E-state index contributed by atoms with van der Waals surface area (Å²) in [7, 11) is 0. The number of allylic oxidation sites excluding steroid dienone is 6. The van der Waals surface area contributed by atoms with Crippen molar-refractivity contribution in [2.45, 2.75) is 59.8 Å². The van der Waals surface area contributed by atoms with Gasteiger partial charge in [0.25, 0.3) is 0 Å². The van der Waals surface area contributed by atoms with Gasteiger partial charge in [-0.05, 0) is 59.8 Å². The maximum atomic E-state index is 11.7. The number of rotatable bonds is 1. The Morgan fingerprint density at radius 3 is 2.39 bits per heavy atom. The van der Waals surface area contributed by atoms with Crippen LogP contribution in [0.15, 0.2) is 34.9 Å². The Hall–Kier alpha value is -1.11. The highest BCUT2D eigenvalue weighted by Crippen LogP contribution is 2.23. The second-order valence-corrected chi connectivity index (χ2v) is 5.53. The molecule has 1 aliphatic rings. The monoisotopic (exact) mass is 246 g/mol. The molecule has 1 aliphatic carbocycles. The molecule has 0 fully saturated rings. The van der Waals surface area contributed by atoms with E-state index in [-0.39, 0.29) is 5.92 Å². The van der Waals surface area contributed by atoms with Gasteiger partial charge in [-0.3, -0.25) is 4.79 Å². The lowest BCUT2D eigenvalue weighted by Crippen LogP contribution is -2.12. The van der Waals surface area contributed by atoms with Gasteiger partial charge in [0.15, 0.2) is 0 Å². The fraction of sp³-hybridized carbons (Fsp3) is 0.588. The number of Topliss-reactive ketones (excluding diaryl/α,β-unsaturated/α-hetero) is 1. The molecule has 1 nitrogen and oxygen atoms in total. The molecule has 0 aromatic rings. The van der Waals surface area contributed by atoms with Crippen LogP contribution in [-0.4, -0.2) is 5.78 Å². The summed E-state index contributed by atoms with van der Waals surface area (Å²) >= 11 is 0. The average molecular weight is 246 g/mol. The van der Waals surface area contributed by atoms with E-state index in [4.69, 9.17) is 0 Å². The Morgan fingerprint density at radius 1 is 1.06 bits per heavy atom. The van der Waals surface area contributed by atoms with Crippen LogP contribution in [0.2, 0.25) is 0 Å². The molecule has 0 saturated carbocycles. The summed E-state index contributed by atoms with van der Waals surface area (Å²) in [4.78, 5) is 11.7. The highest BCUT2D eigenvalue weighted by Gasteiger charge is 2.15. The zero-order chi connectivity index (χ0) is 13.5. The second-order valence-electron chi connectivity index (χ2n) is 5.53. The molecule has 18 heavy (non-hydrogen) atoms. The third-order valence-corrected chi connectivity index (χ3v) is 3.81. The Balaban J connectivity index is 2.89. The molecule has 100 valence electrons. The summed E-state index contributed by atoms with van der Waals surface area (Å²) in [5.74, 6) is 0.413. The van der Waals surface area contributed by atoms with Crippen molar-refractivity contribution >= 4 is 5.78 Å². The highest BCUT2D eigenvalue weighted by atomic mass is 16.1. The maximum Gasteiger partial charge on any atom is 0.136 e. The minimum Gasteiger partial charge on any atom is -0.299 e. The van der Waals surface area contributed by atoms with Gasteiger partial charge in [-0.1, -0.05) is 34.9 Å². The van der Waals surface area contributed by atoms with E-state index < -0.39 is 0 Å². The van der Waals surface area contributed by atoms with Crippen molar-refractivity contribution in [2.75, 3.05) is 0 Å². The third-order valence-electron chi connectivity index (χ3n) is 3.81. The zero-order valence-corrected chi connectivity index (χ0v) is 12.3. The van der Waals surface area contributed by atoms with Crippen LogP contribution in [0.25, 0.3) is 0 Å². The Labute approximate surface area is 112 Å². The van der Waals surface area contributed by atoms with Gasteiger partial charge < -0.3 is 0 Å². The first kappa shape index (κ1) is 14.9. The number of carbonyl (C=O) groups is 1. The van der Waals surface area contributed by atoms with Gasteiger partial charge in [-0.25, -0.2) is 0 Å². The SMILES string of the molecule is CC(=O)C1CC/C(C)=C\CC/C(C)=C\CC=C1C. The fourth-order valence-corrected chi connectivity index (χ4v) is 2.46. The maximum absolute atomic E-state index is 11.7. The summed E-state index contributed by atoms with van der Waals surface area (Å²) in [5.41, 5.74) is 4.10. The number of hydrogen-bond acceptors (Lipinski definition) is 1. The van der Waals surface area contributed by atoms with E-state index in [1.165, 1.54) is 16.7 Å². The van der Waals surface area contributed by atoms with Crippen molar-refractivity contribution in [3.8, 4) is 0 Å². The summed E-state index contributed by atoms with van der Waals surface area (Å²) < 4.78 is 0. The van der Waals surface area contributed by atoms with Crippen LogP contribution in [0.5, 0.6) is 0 Å². The van der Waals surface area contributed by atoms with Gasteiger partial charge >= 0.3 is 0 Å². The first-order valence-corrected chi connectivity index (χ1v) is 6.99. The van der Waals surface area contributed by atoms with Crippen LogP contribution >= 0.6 is 0 Å². The number of ketones is 1. The fourth-order valence-electron chi connectivity index (χ4n) is 2.46. The molecule has 0 N–H and O–H groups in total. The van der Waals surface area contributed by atoms with E-state index in [9.17, 15) is 4.79 Å². The van der Waals surface area contributed by atoms with Crippen molar-refractivity contribution in [3.05, 3.63) is 34.9 Å². The third kappa shape index (κ3) is 5.03. The molecule has 0 aromatic carbocycles. The van der Waals surface area contributed by atoms with Gasteiger partial charge in [0.2, 0.25) is 0 Å². The van der Waals surface area contributed by atoms with Crippen molar-refractivity contribution in [1.29, 1.82) is 0 Å². The molecule has 0 spiro atoms. The Kier molecular flexibility index (Phi) is 6.11. The molecule has 0 radical (unpaired) electrons. The Morgan fingerprint density at radius 2 is 1.72 bits per heavy atom. The van der Waals surface area contributed by atoms with E-state index in [1.54, 1.807) is 6.92 Å². The van der Waals surface area contributed by atoms with E-state index in [2.05, 4.69) is 39.0 Å². The first-order chi connectivity index (χ1) is 8.50. The number of hydrogen-bond donors (Lipinski definition) is 0. The predicted octanol–water partition coefficient (Wildman–Crippen LogP) is 4.99. The first-order valence-electron chi connectivity index (χ1n) is 6.99. The standard InChI is InChI=1S/C17H26O/c1-13-7-5-8-14(2)11-12-17(16(4)18)15(3)10-6-9-13/h8-10,17H,5-7,11-12H2,1-4H3/b13-9-,14-8-,15-10?. The minimum atomic E-state index is 0.112. The summed E-state index contributed by atoms with van der Waals surface area (Å²) in [6, 6.07) is 0. The van der Waals surface area contributed by atoms with Crippen molar-refractivity contribution in [2.24, 2.45) is 5.92 Å². The molecule has 0 aliphatic heterocycles. The molecule has 1 rings (SSSR count). The summed E-state index contributed by atoms with van der Waals surface area (Å²) in [6.07, 6.45) is 12.1. The zero-order valence-electron chi connectivity index (χ0n) is 12.3. The van der Waals surface area contributed by atoms with Crippen LogP contribution in [0.3, 0.4) is 0 Å². The predicted molar refractivity (Wildman–Crippen MR) is 78.5 cm³/mol. The Bertz CT molecular complexity index is 382. The van der Waals surface area contributed by atoms with Gasteiger partial charge in [-0.15, -0.1) is 0 Å². The molecule has 1 heteroatoms. The molecule has 0 amide bonds. The molecular weight excluding hydrogens is 220 g/mol. The minimum absolute atomic E-state index is 0.112. The van der Waals surface area contributed by atoms with Gasteiger partial charge in [0, 0.05) is 5.92 Å². The summed E-state index contributed by atoms with van der Waals surface area (Å²) in [5, 5.41) is 0. The van der Waals surface area contributed by atoms with E-state index in [1.807, 2.05) is 0 Å². The van der Waals surface area contributed by atoms with Gasteiger partial charge in [0.1, 0.15) is 5.78 Å². The molecule has 0 bridgehead atoms. The van der Waals surface area contributed by atoms with E-state index in [0.717, 1.165) is 32.1 Å². The van der Waals surface area contributed by atoms with Crippen LogP contribution < -0.4 is 0 Å². The largest absolute Gasteiger partial charge is 0.299 e. The van der Waals surface area contributed by atoms with Crippen molar-refractivity contribution < 1.29 is 4.79 Å². The average Bonchev–Trinajstić information content (AvgIpc) is 2.27. The molecule has 0 heterocycles. The lowest BCUT2D eigenvalue weighted by atomic mass is 9.89. The van der Waals surface area contributed by atoms with Crippen molar-refractivity contribution in [1.82, 2.24) is 0 Å². The molecule has 1 atom stereocenters. The van der Waals surface area contributed by atoms with Crippen LogP contribution in [0.1, 0.15) is 59.8 Å². The van der Waals surface area contributed by atoms with Crippen LogP contribution in [-0.2, 0) is 4.79 Å². The second kappa shape index (κ2) is 7.35. The van der Waals surface area contributed by atoms with E-state index >= 15 is 0 Å². The molecule has 0 saturated heterocycles. The lowest BCUT2D eigenvalue weighted by molar-refractivity contribution is -0.119. The quantitative estimate of drug-likeness (QED) is 0.595. The lowest BCUT2D eigenvalue weighted by Gasteiger charge is -2.15. The smallest absolute Gasteiger partial charge is 0.136 e. The highest BCUT2D eigenvalue weighted by molar-refractivity contribution is 5.81. The molecule has 0 aromatic heterocycles. The van der Waals surface area contributed by atoms with E-state index in [0.29, 0.717) is 5.78 Å². The summed E-state index contributed by atoms with van der Waals surface area (Å²) in [6.45, 7) is 8.19. The van der Waals surface area contributed by atoms with Gasteiger partial charge in [-0.2, -0.15) is 0 Å². The topological polar surface area (TPSA) is 17.1 Å². The molecular formula is C17H26O. The van der Waals surface area contributed by atoms with Crippen LogP contribution in [0, 0.1) is 5.92 Å². The van der Waals surface area contributed by atoms with Crippen LogP contribution in [0.4, 0.5) is 0 Å². The van der Waals surface area contributed by atoms with Crippen molar-refractivity contribution in [3.63, 3.8) is 0 Å². The van der Waals surface area contributed by atoms with Gasteiger partial charge in [0.05, 0.1) is 0 Å². The molecule has 1 unspecified atom stereocenters.